The molecule has 1 spiro atoms. The van der Waals surface area contributed by atoms with Crippen LogP contribution >= 0.6 is 0 Å². The minimum absolute atomic E-state index is 0.107. The van der Waals surface area contributed by atoms with Crippen molar-refractivity contribution in [1.82, 2.24) is 15.0 Å². The van der Waals surface area contributed by atoms with Gasteiger partial charge in [-0.15, -0.1) is 0 Å². The maximum atomic E-state index is 6.13. The number of hydrogen-bond acceptors (Lipinski definition) is 7. The Morgan fingerprint density at radius 1 is 1.27 bits per heavy atom. The average Bonchev–Trinajstić information content (AvgIpc) is 2.65. The van der Waals surface area contributed by atoms with Crippen molar-refractivity contribution in [1.29, 1.82) is 0 Å². The number of rotatable bonds is 5. The van der Waals surface area contributed by atoms with Gasteiger partial charge in [-0.25, -0.2) is 9.97 Å². The molecular weight excluding hydrogens is 330 g/mol. The zero-order valence-electron chi connectivity index (χ0n) is 15.3. The molecule has 2 aliphatic rings. The molecule has 2 saturated heterocycles. The lowest BCUT2D eigenvalue weighted by atomic mass is 9.84. The SMILES string of the molecule is CN(C)c1cc(N2CC3(C[C@@H](OCc4ccncc4)CCO3)C2)ncn1. The molecule has 2 aliphatic heterocycles. The minimum atomic E-state index is -0.107. The lowest BCUT2D eigenvalue weighted by molar-refractivity contribution is -0.148. The van der Waals surface area contributed by atoms with Crippen molar-refractivity contribution in [2.45, 2.75) is 31.2 Å². The van der Waals surface area contributed by atoms with Crippen molar-refractivity contribution in [3.05, 3.63) is 42.5 Å². The molecule has 4 rings (SSSR count). The third-order valence-corrected chi connectivity index (χ3v) is 5.06. The molecule has 26 heavy (non-hydrogen) atoms. The maximum absolute atomic E-state index is 6.13. The summed E-state index contributed by atoms with van der Waals surface area (Å²) in [5.74, 6) is 1.87. The van der Waals surface area contributed by atoms with E-state index in [0.29, 0.717) is 6.61 Å². The highest BCUT2D eigenvalue weighted by Crippen LogP contribution is 2.37. The van der Waals surface area contributed by atoms with Gasteiger partial charge in [0.15, 0.2) is 0 Å². The molecular formula is C19H25N5O2. The van der Waals surface area contributed by atoms with Crippen LogP contribution in [0.2, 0.25) is 0 Å². The first-order chi connectivity index (χ1) is 12.6. The fourth-order valence-corrected chi connectivity index (χ4v) is 3.60. The molecule has 2 fully saturated rings. The van der Waals surface area contributed by atoms with E-state index in [1.165, 1.54) is 0 Å². The Morgan fingerprint density at radius 2 is 2.08 bits per heavy atom. The molecule has 0 amide bonds. The lowest BCUT2D eigenvalue weighted by Gasteiger charge is -2.53. The number of pyridine rings is 1. The standard InChI is InChI=1S/C19H25N5O2/c1-23(2)17-9-18(22-14-21-17)24-12-19(13-24)10-16(5-8-26-19)25-11-15-3-6-20-7-4-15/h3-4,6-7,9,14,16H,5,8,10-13H2,1-2H3/t16-/m0/s1. The summed E-state index contributed by atoms with van der Waals surface area (Å²) in [7, 11) is 3.97. The molecule has 0 bridgehead atoms. The number of nitrogens with zero attached hydrogens (tertiary/aromatic N) is 5. The monoisotopic (exact) mass is 355 g/mol. The van der Waals surface area contributed by atoms with Crippen molar-refractivity contribution in [3.63, 3.8) is 0 Å². The van der Waals surface area contributed by atoms with Gasteiger partial charge in [0.05, 0.1) is 25.8 Å². The van der Waals surface area contributed by atoms with Crippen LogP contribution < -0.4 is 9.80 Å². The van der Waals surface area contributed by atoms with E-state index in [9.17, 15) is 0 Å². The van der Waals surface area contributed by atoms with E-state index in [1.807, 2.05) is 37.2 Å². The zero-order chi connectivity index (χ0) is 18.0. The number of anilines is 2. The number of hydrogen-bond donors (Lipinski definition) is 0. The molecule has 138 valence electrons. The van der Waals surface area contributed by atoms with Gasteiger partial charge in [-0.1, -0.05) is 0 Å². The molecule has 0 unspecified atom stereocenters. The highest BCUT2D eigenvalue weighted by atomic mass is 16.5. The third kappa shape index (κ3) is 3.64. The Bertz CT molecular complexity index is 734. The molecule has 0 radical (unpaired) electrons. The molecule has 0 N–H and O–H groups in total. The summed E-state index contributed by atoms with van der Waals surface area (Å²) < 4.78 is 12.3. The van der Waals surface area contributed by atoms with Crippen LogP contribution in [0.15, 0.2) is 36.9 Å². The molecule has 2 aromatic rings. The summed E-state index contributed by atoms with van der Waals surface area (Å²) in [5, 5.41) is 0. The Balaban J connectivity index is 1.33. The van der Waals surface area contributed by atoms with Crippen LogP contribution in [0.4, 0.5) is 11.6 Å². The summed E-state index contributed by atoms with van der Waals surface area (Å²) in [6.45, 7) is 3.09. The first-order valence-electron chi connectivity index (χ1n) is 9.02. The van der Waals surface area contributed by atoms with E-state index >= 15 is 0 Å². The Hall–Kier alpha value is -2.25. The quantitative estimate of drug-likeness (QED) is 0.811. The van der Waals surface area contributed by atoms with Gasteiger partial charge in [-0.2, -0.15) is 0 Å². The predicted octanol–water partition coefficient (Wildman–Crippen LogP) is 1.89. The summed E-state index contributed by atoms with van der Waals surface area (Å²) >= 11 is 0. The normalized spacial score (nSPS) is 21.5. The molecule has 7 heteroatoms. The molecule has 7 nitrogen and oxygen atoms in total. The van der Waals surface area contributed by atoms with Crippen molar-refractivity contribution in [3.8, 4) is 0 Å². The van der Waals surface area contributed by atoms with Crippen LogP contribution in [0.5, 0.6) is 0 Å². The van der Waals surface area contributed by atoms with Crippen molar-refractivity contribution in [2.75, 3.05) is 43.6 Å². The molecule has 4 heterocycles. The van der Waals surface area contributed by atoms with Gasteiger partial charge in [0.2, 0.25) is 0 Å². The number of ether oxygens (including phenoxy) is 2. The molecule has 0 saturated carbocycles. The van der Waals surface area contributed by atoms with Crippen molar-refractivity contribution < 1.29 is 9.47 Å². The van der Waals surface area contributed by atoms with E-state index in [-0.39, 0.29) is 11.7 Å². The summed E-state index contributed by atoms with van der Waals surface area (Å²) in [6.07, 6.45) is 7.35. The van der Waals surface area contributed by atoms with Crippen LogP contribution in [0, 0.1) is 0 Å². The molecule has 1 atom stereocenters. The van der Waals surface area contributed by atoms with Crippen molar-refractivity contribution >= 4 is 11.6 Å². The fourth-order valence-electron chi connectivity index (χ4n) is 3.60. The summed E-state index contributed by atoms with van der Waals surface area (Å²) in [6, 6.07) is 6.02. The zero-order valence-corrected chi connectivity index (χ0v) is 15.3. The van der Waals surface area contributed by atoms with E-state index in [2.05, 4.69) is 19.9 Å². The van der Waals surface area contributed by atoms with Crippen LogP contribution in [0.25, 0.3) is 0 Å². The average molecular weight is 355 g/mol. The van der Waals surface area contributed by atoms with Gasteiger partial charge < -0.3 is 19.3 Å². The van der Waals surface area contributed by atoms with Gasteiger partial charge in [-0.3, -0.25) is 4.98 Å². The Kier molecular flexibility index (Phi) is 4.74. The van der Waals surface area contributed by atoms with Gasteiger partial charge in [0.25, 0.3) is 0 Å². The third-order valence-electron chi connectivity index (χ3n) is 5.06. The van der Waals surface area contributed by atoms with Gasteiger partial charge >= 0.3 is 0 Å². The minimum Gasteiger partial charge on any atom is -0.373 e. The van der Waals surface area contributed by atoms with Gasteiger partial charge in [-0.05, 0) is 24.1 Å². The van der Waals surface area contributed by atoms with Gasteiger partial charge in [0.1, 0.15) is 23.6 Å². The largest absolute Gasteiger partial charge is 0.373 e. The first-order valence-corrected chi connectivity index (χ1v) is 9.02. The summed E-state index contributed by atoms with van der Waals surface area (Å²) in [4.78, 5) is 17.0. The van der Waals surface area contributed by atoms with E-state index in [1.54, 1.807) is 18.7 Å². The van der Waals surface area contributed by atoms with Crippen LogP contribution in [0.1, 0.15) is 18.4 Å². The highest BCUT2D eigenvalue weighted by molar-refractivity contribution is 5.52. The molecule has 0 aromatic carbocycles. The number of aromatic nitrogens is 3. The van der Waals surface area contributed by atoms with Crippen molar-refractivity contribution in [2.24, 2.45) is 0 Å². The van der Waals surface area contributed by atoms with E-state index < -0.39 is 0 Å². The first kappa shape index (κ1) is 17.2. The second-order valence-electron chi connectivity index (χ2n) is 7.30. The van der Waals surface area contributed by atoms with Crippen LogP contribution in [0.3, 0.4) is 0 Å². The van der Waals surface area contributed by atoms with Crippen LogP contribution in [-0.2, 0) is 16.1 Å². The summed E-state index contributed by atoms with van der Waals surface area (Å²) in [5.41, 5.74) is 1.05. The van der Waals surface area contributed by atoms with E-state index in [0.717, 1.165) is 49.7 Å². The van der Waals surface area contributed by atoms with E-state index in [4.69, 9.17) is 9.47 Å². The maximum Gasteiger partial charge on any atom is 0.134 e. The second kappa shape index (κ2) is 7.17. The predicted molar refractivity (Wildman–Crippen MR) is 99.3 cm³/mol. The molecule has 2 aromatic heterocycles. The molecule has 0 aliphatic carbocycles. The fraction of sp³-hybridized carbons (Fsp3) is 0.526. The Morgan fingerprint density at radius 3 is 2.85 bits per heavy atom. The lowest BCUT2D eigenvalue weighted by Crippen LogP contribution is -2.66. The van der Waals surface area contributed by atoms with Crippen LogP contribution in [-0.4, -0.2) is 60.4 Å². The Labute approximate surface area is 154 Å². The highest BCUT2D eigenvalue weighted by Gasteiger charge is 2.48. The topological polar surface area (TPSA) is 63.6 Å². The second-order valence-corrected chi connectivity index (χ2v) is 7.30. The smallest absolute Gasteiger partial charge is 0.134 e. The van der Waals surface area contributed by atoms with Gasteiger partial charge in [0, 0.05) is 45.6 Å².